The summed E-state index contributed by atoms with van der Waals surface area (Å²) < 4.78 is 25.5. The molecule has 220 valence electrons. The maximum Gasteiger partial charge on any atom is 0.325 e. The quantitative estimate of drug-likeness (QED) is 0.0687. The van der Waals surface area contributed by atoms with Crippen LogP contribution in [0.2, 0.25) is 0 Å². The molecule has 3 N–H and O–H groups in total. The summed E-state index contributed by atoms with van der Waals surface area (Å²) in [6.07, 6.45) is 30.4. The third-order valence-electron chi connectivity index (χ3n) is 6.53. The van der Waals surface area contributed by atoms with Crippen molar-refractivity contribution in [2.45, 2.75) is 168 Å². The van der Waals surface area contributed by atoms with Gasteiger partial charge in [-0.2, -0.15) is 0 Å². The molecule has 0 aromatic heterocycles. The molecule has 0 bridgehead atoms. The topological polar surface area (TPSA) is 104 Å². The fourth-order valence-electron chi connectivity index (χ4n) is 4.26. The maximum atomic E-state index is 10.6. The highest BCUT2D eigenvalue weighted by molar-refractivity contribution is 7.51. The molecule has 0 aromatic rings. The predicted molar refractivity (Wildman–Crippen MR) is 156 cm³/mol. The van der Waals surface area contributed by atoms with E-state index in [1.54, 1.807) is 0 Å². The molecule has 1 atom stereocenters. The molecule has 0 saturated heterocycles. The normalized spacial score (nSPS) is 12.4. The van der Waals surface area contributed by atoms with Crippen molar-refractivity contribution >= 4 is 15.9 Å². The monoisotopic (exact) mass is 556 g/mol. The minimum Gasteiger partial charge on any atom is -0.326 e. The zero-order chi connectivity index (χ0) is 27.2. The highest BCUT2D eigenvalue weighted by atomic mass is 31.2. The summed E-state index contributed by atoms with van der Waals surface area (Å²) in [5, 5.41) is 0. The van der Waals surface area contributed by atoms with Crippen LogP contribution in [0.15, 0.2) is 0 Å². The highest BCUT2D eigenvalue weighted by Crippen LogP contribution is 2.35. The molecular weight excluding hydrogens is 494 g/mol. The summed E-state index contributed by atoms with van der Waals surface area (Å²) >= 11 is 0. The van der Waals surface area contributed by atoms with E-state index in [9.17, 15) is 9.13 Å². The van der Waals surface area contributed by atoms with Gasteiger partial charge in [0.05, 0.1) is 6.61 Å². The van der Waals surface area contributed by atoms with Crippen molar-refractivity contribution in [2.75, 3.05) is 12.8 Å². The van der Waals surface area contributed by atoms with Crippen LogP contribution >= 0.6 is 15.9 Å². The Bertz CT molecular complexity index is 485. The lowest BCUT2D eigenvalue weighted by atomic mass is 10.1. The Balaban J connectivity index is 0. The van der Waals surface area contributed by atoms with Crippen molar-refractivity contribution in [1.29, 1.82) is 0 Å². The first-order valence-electron chi connectivity index (χ1n) is 15.2. The number of unbranched alkanes of at least 4 members (excludes halogenated alkanes) is 22. The van der Waals surface area contributed by atoms with E-state index >= 15 is 0 Å². The first kappa shape index (κ1) is 38.4. The lowest BCUT2D eigenvalue weighted by Crippen LogP contribution is -1.88. The van der Waals surface area contributed by atoms with E-state index in [-0.39, 0.29) is 6.16 Å². The van der Waals surface area contributed by atoms with Crippen LogP contribution in [0.25, 0.3) is 0 Å². The summed E-state index contributed by atoms with van der Waals surface area (Å²) in [4.78, 5) is 25.8. The molecule has 0 aromatic carbocycles. The smallest absolute Gasteiger partial charge is 0.325 e. The molecule has 0 rings (SSSR count). The van der Waals surface area contributed by atoms with Crippen molar-refractivity contribution in [1.82, 2.24) is 0 Å². The Morgan fingerprint density at radius 3 is 1.08 bits per heavy atom. The molecule has 0 aliphatic heterocycles. The number of rotatable bonds is 27. The van der Waals surface area contributed by atoms with E-state index < -0.39 is 15.9 Å². The predicted octanol–water partition coefficient (Wildman–Crippen LogP) is 9.95. The van der Waals surface area contributed by atoms with Gasteiger partial charge in [-0.1, -0.05) is 155 Å². The number of hydrogen-bond donors (Lipinski definition) is 3. The zero-order valence-electron chi connectivity index (χ0n) is 23.9. The molecule has 1 unspecified atom stereocenters. The molecule has 0 spiro atoms. The minimum atomic E-state index is -3.75. The average molecular weight is 557 g/mol. The van der Waals surface area contributed by atoms with Crippen LogP contribution in [0.1, 0.15) is 168 Å². The van der Waals surface area contributed by atoms with Gasteiger partial charge in [0.1, 0.15) is 0 Å². The molecule has 8 heteroatoms. The van der Waals surface area contributed by atoms with Gasteiger partial charge in [0.2, 0.25) is 0 Å². The summed E-state index contributed by atoms with van der Waals surface area (Å²) in [6, 6.07) is 0. The van der Waals surface area contributed by atoms with Gasteiger partial charge in [-0.15, -0.1) is 0 Å². The van der Waals surface area contributed by atoms with Crippen LogP contribution in [-0.2, 0) is 13.7 Å². The summed E-state index contributed by atoms with van der Waals surface area (Å²) in [6.45, 7) is 4.93. The molecule has 0 aliphatic rings. The van der Waals surface area contributed by atoms with Crippen LogP contribution in [0.3, 0.4) is 0 Å². The molecule has 0 radical (unpaired) electrons. The average Bonchev–Trinajstić information content (AvgIpc) is 2.82. The fourth-order valence-corrected chi connectivity index (χ4v) is 5.22. The van der Waals surface area contributed by atoms with E-state index in [1.807, 2.05) is 0 Å². The lowest BCUT2D eigenvalue weighted by molar-refractivity contribution is 0.273. The van der Waals surface area contributed by atoms with Gasteiger partial charge >= 0.3 is 15.9 Å². The Kier molecular flexibility index (Phi) is 33.7. The number of hydrogen-bond acceptors (Lipinski definition) is 3. The SMILES string of the molecule is CCCCCCCCCCCCCCO[PH](=O)O.CCCCCCCCCCCCCCP(=O)(O)O. The van der Waals surface area contributed by atoms with Crippen LogP contribution in [-0.4, -0.2) is 27.4 Å². The van der Waals surface area contributed by atoms with Gasteiger partial charge in [-0.05, 0) is 12.8 Å². The molecule has 6 nitrogen and oxygen atoms in total. The van der Waals surface area contributed by atoms with Gasteiger partial charge in [0, 0.05) is 6.16 Å². The van der Waals surface area contributed by atoms with Gasteiger partial charge < -0.3 is 19.2 Å². The van der Waals surface area contributed by atoms with E-state index in [1.165, 1.54) is 122 Å². The highest BCUT2D eigenvalue weighted by Gasteiger charge is 2.10. The molecule has 0 amide bonds. The second kappa shape index (κ2) is 31.5. The van der Waals surface area contributed by atoms with Gasteiger partial charge in [0.25, 0.3) is 0 Å². The fraction of sp³-hybridized carbons (Fsp3) is 1.00. The third-order valence-corrected chi connectivity index (χ3v) is 7.88. The zero-order valence-corrected chi connectivity index (χ0v) is 25.8. The van der Waals surface area contributed by atoms with E-state index in [0.717, 1.165) is 25.7 Å². The largest absolute Gasteiger partial charge is 0.326 e. The van der Waals surface area contributed by atoms with E-state index in [4.69, 9.17) is 14.7 Å². The molecule has 36 heavy (non-hydrogen) atoms. The standard InChI is InChI=1S/2C14H31O3P/c1-2-3-4-5-6-7-8-9-10-11-12-13-14-18(15,16)17;1-2-3-4-5-6-7-8-9-10-11-12-13-14-17-18(15)16/h2-14H2,1H3,(H2,15,16,17);18H,2-14H2,1H3,(H,15,16). The van der Waals surface area contributed by atoms with Crippen molar-refractivity contribution in [3.05, 3.63) is 0 Å². The molecule has 0 fully saturated rings. The van der Waals surface area contributed by atoms with Crippen molar-refractivity contribution in [3.63, 3.8) is 0 Å². The summed E-state index contributed by atoms with van der Waals surface area (Å²) in [7, 11) is -6.44. The third kappa shape index (κ3) is 41.4. The Hall–Kier alpha value is 0.300. The van der Waals surface area contributed by atoms with Crippen LogP contribution < -0.4 is 0 Å². The lowest BCUT2D eigenvalue weighted by Gasteiger charge is -2.04. The van der Waals surface area contributed by atoms with E-state index in [0.29, 0.717) is 13.0 Å². The van der Waals surface area contributed by atoms with Crippen LogP contribution in [0, 0.1) is 0 Å². The Morgan fingerprint density at radius 1 is 0.528 bits per heavy atom. The van der Waals surface area contributed by atoms with Crippen molar-refractivity contribution < 1.29 is 28.3 Å². The summed E-state index contributed by atoms with van der Waals surface area (Å²) in [5.41, 5.74) is 0. The molecule has 0 saturated carbocycles. The molecule has 0 heterocycles. The summed E-state index contributed by atoms with van der Waals surface area (Å²) in [5.74, 6) is 0. The molecule has 0 aliphatic carbocycles. The van der Waals surface area contributed by atoms with Gasteiger partial charge in [-0.3, -0.25) is 9.13 Å². The van der Waals surface area contributed by atoms with Crippen molar-refractivity contribution in [2.24, 2.45) is 0 Å². The molecular formula is C28H62O6P2. The van der Waals surface area contributed by atoms with Gasteiger partial charge in [-0.25, -0.2) is 0 Å². The van der Waals surface area contributed by atoms with Crippen molar-refractivity contribution in [3.8, 4) is 0 Å². The van der Waals surface area contributed by atoms with Crippen LogP contribution in [0.5, 0.6) is 0 Å². The Labute approximate surface area is 224 Å². The maximum absolute atomic E-state index is 10.6. The van der Waals surface area contributed by atoms with Crippen LogP contribution in [0.4, 0.5) is 0 Å². The first-order valence-corrected chi connectivity index (χ1v) is 18.3. The second-order valence-corrected chi connectivity index (χ2v) is 12.9. The first-order chi connectivity index (χ1) is 17.3. The Morgan fingerprint density at radius 2 is 0.806 bits per heavy atom. The second-order valence-electron chi connectivity index (χ2n) is 10.3. The van der Waals surface area contributed by atoms with Gasteiger partial charge in [0.15, 0.2) is 0 Å². The minimum absolute atomic E-state index is 0.0599. The van der Waals surface area contributed by atoms with E-state index in [2.05, 4.69) is 18.4 Å².